The zero-order valence-corrected chi connectivity index (χ0v) is 8.98. The van der Waals surface area contributed by atoms with Gasteiger partial charge >= 0.3 is 0 Å². The van der Waals surface area contributed by atoms with Gasteiger partial charge in [0.2, 0.25) is 0 Å². The average Bonchev–Trinajstić information content (AvgIpc) is 2.27. The summed E-state index contributed by atoms with van der Waals surface area (Å²) >= 11 is 0. The Morgan fingerprint density at radius 1 is 1.33 bits per heavy atom. The van der Waals surface area contributed by atoms with Crippen molar-refractivity contribution in [3.8, 4) is 11.5 Å². The maximum absolute atomic E-state index is 11.1. The molecule has 0 aliphatic carbocycles. The van der Waals surface area contributed by atoms with Crippen molar-refractivity contribution in [2.75, 3.05) is 14.2 Å². The maximum Gasteiger partial charge on any atom is 0.162 e. The SMILES string of the molecule is COc1ccc(OC)c(C(O)C(C)=O)c1. The fourth-order valence-electron chi connectivity index (χ4n) is 1.27. The molecular formula is C11H14O4. The molecule has 1 N–H and O–H groups in total. The summed E-state index contributed by atoms with van der Waals surface area (Å²) in [4.78, 5) is 11.1. The van der Waals surface area contributed by atoms with Crippen LogP contribution < -0.4 is 9.47 Å². The van der Waals surface area contributed by atoms with E-state index in [9.17, 15) is 9.90 Å². The van der Waals surface area contributed by atoms with E-state index in [1.165, 1.54) is 21.1 Å². The van der Waals surface area contributed by atoms with E-state index in [2.05, 4.69) is 0 Å². The van der Waals surface area contributed by atoms with Crippen LogP contribution in [0.1, 0.15) is 18.6 Å². The van der Waals surface area contributed by atoms with Gasteiger partial charge in [-0.1, -0.05) is 0 Å². The summed E-state index contributed by atoms with van der Waals surface area (Å²) < 4.78 is 10.1. The smallest absolute Gasteiger partial charge is 0.162 e. The maximum atomic E-state index is 11.1. The molecule has 4 heteroatoms. The molecule has 1 aromatic carbocycles. The Kier molecular flexibility index (Phi) is 3.68. The second kappa shape index (κ2) is 4.79. The van der Waals surface area contributed by atoms with Gasteiger partial charge in [-0.3, -0.25) is 4.79 Å². The summed E-state index contributed by atoms with van der Waals surface area (Å²) in [6.45, 7) is 1.32. The molecular weight excluding hydrogens is 196 g/mol. The topological polar surface area (TPSA) is 55.8 Å². The lowest BCUT2D eigenvalue weighted by molar-refractivity contribution is -0.125. The molecule has 4 nitrogen and oxygen atoms in total. The molecule has 0 heterocycles. The second-order valence-corrected chi connectivity index (χ2v) is 3.12. The van der Waals surface area contributed by atoms with Gasteiger partial charge in [0.15, 0.2) is 5.78 Å². The van der Waals surface area contributed by atoms with Gasteiger partial charge in [-0.25, -0.2) is 0 Å². The molecule has 0 aliphatic heterocycles. The number of hydrogen-bond donors (Lipinski definition) is 1. The first-order valence-electron chi connectivity index (χ1n) is 4.50. The van der Waals surface area contributed by atoms with E-state index in [1.807, 2.05) is 0 Å². The van der Waals surface area contributed by atoms with Crippen molar-refractivity contribution in [3.05, 3.63) is 23.8 Å². The van der Waals surface area contributed by atoms with Crippen molar-refractivity contribution in [1.82, 2.24) is 0 Å². The number of methoxy groups -OCH3 is 2. The number of rotatable bonds is 4. The molecule has 0 saturated carbocycles. The van der Waals surface area contributed by atoms with Gasteiger partial charge in [0.25, 0.3) is 0 Å². The molecule has 1 unspecified atom stereocenters. The molecule has 0 amide bonds. The molecule has 15 heavy (non-hydrogen) atoms. The number of aliphatic hydroxyl groups excluding tert-OH is 1. The highest BCUT2D eigenvalue weighted by Crippen LogP contribution is 2.29. The molecule has 1 rings (SSSR count). The number of carbonyl (C=O) groups is 1. The number of benzene rings is 1. The van der Waals surface area contributed by atoms with E-state index in [-0.39, 0.29) is 5.78 Å². The van der Waals surface area contributed by atoms with Crippen molar-refractivity contribution in [1.29, 1.82) is 0 Å². The average molecular weight is 210 g/mol. The van der Waals surface area contributed by atoms with E-state index < -0.39 is 6.10 Å². The van der Waals surface area contributed by atoms with Crippen LogP contribution in [-0.2, 0) is 4.79 Å². The number of aliphatic hydroxyl groups is 1. The Bertz CT molecular complexity index is 360. The monoisotopic (exact) mass is 210 g/mol. The fraction of sp³-hybridized carbons (Fsp3) is 0.364. The number of Topliss-reactive ketones (excluding diaryl/α,β-unsaturated/α-hetero) is 1. The zero-order valence-electron chi connectivity index (χ0n) is 8.98. The van der Waals surface area contributed by atoms with Crippen molar-refractivity contribution >= 4 is 5.78 Å². The Morgan fingerprint density at radius 2 is 2.00 bits per heavy atom. The summed E-state index contributed by atoms with van der Waals surface area (Å²) in [7, 11) is 3.00. The van der Waals surface area contributed by atoms with Crippen LogP contribution in [0.5, 0.6) is 11.5 Å². The number of ether oxygens (including phenoxy) is 2. The molecule has 0 radical (unpaired) electrons. The van der Waals surface area contributed by atoms with E-state index >= 15 is 0 Å². The quantitative estimate of drug-likeness (QED) is 0.814. The van der Waals surface area contributed by atoms with Crippen LogP contribution in [0.4, 0.5) is 0 Å². The first-order chi connectivity index (χ1) is 7.10. The zero-order chi connectivity index (χ0) is 11.4. The van der Waals surface area contributed by atoms with Crippen LogP contribution in [-0.4, -0.2) is 25.1 Å². The third-order valence-electron chi connectivity index (χ3n) is 2.12. The van der Waals surface area contributed by atoms with Crippen LogP contribution in [0.15, 0.2) is 18.2 Å². The lowest BCUT2D eigenvalue weighted by Gasteiger charge is -2.13. The van der Waals surface area contributed by atoms with Gasteiger partial charge in [-0.15, -0.1) is 0 Å². The Hall–Kier alpha value is -1.55. The number of carbonyl (C=O) groups excluding carboxylic acids is 1. The molecule has 0 bridgehead atoms. The largest absolute Gasteiger partial charge is 0.497 e. The van der Waals surface area contributed by atoms with E-state index in [4.69, 9.17) is 9.47 Å². The first-order valence-corrected chi connectivity index (χ1v) is 4.50. The standard InChI is InChI=1S/C11H14O4/c1-7(12)11(13)9-6-8(14-2)4-5-10(9)15-3/h4-6,11,13H,1-3H3. The van der Waals surface area contributed by atoms with Crippen LogP contribution >= 0.6 is 0 Å². The van der Waals surface area contributed by atoms with Gasteiger partial charge in [0.05, 0.1) is 14.2 Å². The molecule has 0 saturated heterocycles. The van der Waals surface area contributed by atoms with Crippen molar-refractivity contribution in [2.45, 2.75) is 13.0 Å². The van der Waals surface area contributed by atoms with Gasteiger partial charge < -0.3 is 14.6 Å². The van der Waals surface area contributed by atoms with Gasteiger partial charge in [-0.05, 0) is 25.1 Å². The molecule has 0 aromatic heterocycles. The lowest BCUT2D eigenvalue weighted by Crippen LogP contribution is -2.09. The van der Waals surface area contributed by atoms with E-state index in [1.54, 1.807) is 18.2 Å². The van der Waals surface area contributed by atoms with E-state index in [0.717, 1.165) is 0 Å². The second-order valence-electron chi connectivity index (χ2n) is 3.12. The molecule has 1 atom stereocenters. The summed E-state index contributed by atoms with van der Waals surface area (Å²) in [5.74, 6) is 0.714. The highest BCUT2D eigenvalue weighted by atomic mass is 16.5. The number of hydrogen-bond acceptors (Lipinski definition) is 4. The third-order valence-corrected chi connectivity index (χ3v) is 2.12. The van der Waals surface area contributed by atoms with Crippen LogP contribution in [0.2, 0.25) is 0 Å². The molecule has 0 fully saturated rings. The van der Waals surface area contributed by atoms with Gasteiger partial charge in [-0.2, -0.15) is 0 Å². The molecule has 0 spiro atoms. The summed E-state index contributed by atoms with van der Waals surface area (Å²) in [6.07, 6.45) is -1.17. The predicted molar refractivity (Wildman–Crippen MR) is 55.2 cm³/mol. The fourth-order valence-corrected chi connectivity index (χ4v) is 1.27. The highest BCUT2D eigenvalue weighted by molar-refractivity contribution is 5.82. The van der Waals surface area contributed by atoms with Crippen LogP contribution in [0.3, 0.4) is 0 Å². The Morgan fingerprint density at radius 3 is 2.47 bits per heavy atom. The minimum atomic E-state index is -1.17. The highest BCUT2D eigenvalue weighted by Gasteiger charge is 2.18. The third kappa shape index (κ3) is 2.47. The van der Waals surface area contributed by atoms with Crippen molar-refractivity contribution in [3.63, 3.8) is 0 Å². The summed E-state index contributed by atoms with van der Waals surface area (Å²) in [5, 5.41) is 9.64. The summed E-state index contributed by atoms with van der Waals surface area (Å²) in [5.41, 5.74) is 0.421. The van der Waals surface area contributed by atoms with Gasteiger partial charge in [0, 0.05) is 5.56 Å². The van der Waals surface area contributed by atoms with Gasteiger partial charge in [0.1, 0.15) is 17.6 Å². The minimum absolute atomic E-state index is 0.332. The summed E-state index contributed by atoms with van der Waals surface area (Å²) in [6, 6.07) is 4.94. The minimum Gasteiger partial charge on any atom is -0.497 e. The Labute approximate surface area is 88.4 Å². The molecule has 1 aromatic rings. The van der Waals surface area contributed by atoms with E-state index in [0.29, 0.717) is 17.1 Å². The normalized spacial score (nSPS) is 12.0. The van der Waals surface area contributed by atoms with Crippen LogP contribution in [0, 0.1) is 0 Å². The molecule has 82 valence electrons. The van der Waals surface area contributed by atoms with Crippen molar-refractivity contribution < 1.29 is 19.4 Å². The first kappa shape index (κ1) is 11.5. The number of ketones is 1. The lowest BCUT2D eigenvalue weighted by atomic mass is 10.1. The van der Waals surface area contributed by atoms with Crippen molar-refractivity contribution in [2.24, 2.45) is 0 Å². The molecule has 0 aliphatic rings. The van der Waals surface area contributed by atoms with Crippen LogP contribution in [0.25, 0.3) is 0 Å². The Balaban J connectivity index is 3.16. The predicted octanol–water partition coefficient (Wildman–Crippen LogP) is 1.33.